The van der Waals surface area contributed by atoms with Gasteiger partial charge in [-0.05, 0) is 61.8 Å². The van der Waals surface area contributed by atoms with Gasteiger partial charge >= 0.3 is 6.03 Å². The van der Waals surface area contributed by atoms with Crippen LogP contribution in [0.3, 0.4) is 0 Å². The molecule has 206 valence electrons. The van der Waals surface area contributed by atoms with Crippen LogP contribution in [0.15, 0.2) is 18.3 Å². The number of ether oxygens (including phenoxy) is 2. The predicted octanol–water partition coefficient (Wildman–Crippen LogP) is 3.25. The lowest BCUT2D eigenvalue weighted by Gasteiger charge is -2.30. The Kier molecular flexibility index (Phi) is 9.57. The summed E-state index contributed by atoms with van der Waals surface area (Å²) in [6.45, 7) is 3.90. The number of carbonyl (C=O) groups is 3. The molecule has 3 amide bonds. The predicted molar refractivity (Wildman–Crippen MR) is 144 cm³/mol. The summed E-state index contributed by atoms with van der Waals surface area (Å²) in [5, 5.41) is 12.2. The number of fused-ring (bicyclic) bond motifs is 1. The Balaban J connectivity index is 1.53. The quantitative estimate of drug-likeness (QED) is 0.362. The molecule has 1 saturated heterocycles. The van der Waals surface area contributed by atoms with E-state index in [9.17, 15) is 19.6 Å². The minimum Gasteiger partial charge on any atom is -0.385 e. The van der Waals surface area contributed by atoms with Gasteiger partial charge in [-0.15, -0.1) is 0 Å². The molecule has 1 N–H and O–H groups in total. The van der Waals surface area contributed by atoms with Gasteiger partial charge in [-0.3, -0.25) is 19.8 Å². The fourth-order valence-corrected chi connectivity index (χ4v) is 4.99. The molecule has 39 heavy (non-hydrogen) atoms. The highest BCUT2D eigenvalue weighted by Gasteiger charge is 2.28. The van der Waals surface area contributed by atoms with Gasteiger partial charge in [0.05, 0.1) is 11.7 Å². The number of nitrogens with zero attached hydrogens (tertiary/aromatic N) is 5. The maximum absolute atomic E-state index is 13.3. The number of anilines is 2. The monoisotopic (exact) mass is 534 g/mol. The van der Waals surface area contributed by atoms with E-state index < -0.39 is 6.03 Å². The summed E-state index contributed by atoms with van der Waals surface area (Å²) in [4.78, 5) is 49.7. The van der Waals surface area contributed by atoms with Crippen LogP contribution in [-0.4, -0.2) is 72.6 Å². The van der Waals surface area contributed by atoms with Gasteiger partial charge in [0, 0.05) is 58.6 Å². The number of carbonyl (C=O) groups excluding carboxylic acids is 3. The van der Waals surface area contributed by atoms with Crippen LogP contribution in [0.5, 0.6) is 0 Å². The molecule has 4 heterocycles. The van der Waals surface area contributed by atoms with E-state index in [0.717, 1.165) is 36.8 Å². The minimum absolute atomic E-state index is 0.00492. The number of aromatic nitrogens is 2. The highest BCUT2D eigenvalue weighted by molar-refractivity contribution is 6.01. The van der Waals surface area contributed by atoms with E-state index in [1.54, 1.807) is 18.1 Å². The first-order valence-corrected chi connectivity index (χ1v) is 13.2. The molecular formula is C28H34N6O5. The fraction of sp³-hybridized carbons (Fsp3) is 0.500. The van der Waals surface area contributed by atoms with Crippen LogP contribution in [0.4, 0.5) is 16.4 Å². The van der Waals surface area contributed by atoms with E-state index in [1.165, 1.54) is 18.0 Å². The molecule has 0 unspecified atom stereocenters. The second-order valence-corrected chi connectivity index (χ2v) is 9.79. The van der Waals surface area contributed by atoms with Crippen molar-refractivity contribution in [2.24, 2.45) is 0 Å². The number of aldehydes is 1. The molecule has 4 rings (SSSR count). The molecule has 0 bridgehead atoms. The van der Waals surface area contributed by atoms with E-state index >= 15 is 0 Å². The lowest BCUT2D eigenvalue weighted by atomic mass is 10.0. The Labute approximate surface area is 228 Å². The van der Waals surface area contributed by atoms with Crippen molar-refractivity contribution in [2.45, 2.75) is 58.1 Å². The van der Waals surface area contributed by atoms with Crippen molar-refractivity contribution in [3.05, 3.63) is 46.3 Å². The van der Waals surface area contributed by atoms with Gasteiger partial charge < -0.3 is 14.4 Å². The molecule has 11 heteroatoms. The minimum atomic E-state index is -0.420. The first-order valence-electron chi connectivity index (χ1n) is 13.2. The van der Waals surface area contributed by atoms with E-state index in [4.69, 9.17) is 9.47 Å². The molecule has 0 aromatic carbocycles. The molecule has 1 fully saturated rings. The molecule has 1 atom stereocenters. The largest absolute Gasteiger partial charge is 0.385 e. The fourth-order valence-electron chi connectivity index (χ4n) is 4.99. The van der Waals surface area contributed by atoms with E-state index in [1.807, 2.05) is 6.07 Å². The van der Waals surface area contributed by atoms with Gasteiger partial charge in [-0.2, -0.15) is 5.26 Å². The van der Waals surface area contributed by atoms with Gasteiger partial charge in [0.1, 0.15) is 23.4 Å². The highest BCUT2D eigenvalue weighted by atomic mass is 16.5. The van der Waals surface area contributed by atoms with Crippen LogP contribution in [0, 0.1) is 11.3 Å². The Bertz CT molecular complexity index is 1250. The molecule has 0 spiro atoms. The number of urea groups is 1. The summed E-state index contributed by atoms with van der Waals surface area (Å²) in [6.07, 6.45) is 6.76. The number of rotatable bonds is 10. The summed E-state index contributed by atoms with van der Waals surface area (Å²) >= 11 is 0. The van der Waals surface area contributed by atoms with Gasteiger partial charge in [-0.25, -0.2) is 14.8 Å². The van der Waals surface area contributed by atoms with Crippen molar-refractivity contribution in [2.75, 3.05) is 43.6 Å². The van der Waals surface area contributed by atoms with Crippen LogP contribution in [0.2, 0.25) is 0 Å². The molecule has 2 aromatic heterocycles. The van der Waals surface area contributed by atoms with Crippen molar-refractivity contribution in [3.63, 3.8) is 0 Å². The second kappa shape index (κ2) is 13.3. The van der Waals surface area contributed by atoms with Crippen LogP contribution in [0.25, 0.3) is 0 Å². The lowest BCUT2D eigenvalue weighted by Crippen LogP contribution is -2.40. The van der Waals surface area contributed by atoms with Crippen molar-refractivity contribution >= 4 is 29.9 Å². The third-order valence-electron chi connectivity index (χ3n) is 7.03. The molecule has 11 nitrogen and oxygen atoms in total. The van der Waals surface area contributed by atoms with E-state index in [0.29, 0.717) is 68.2 Å². The zero-order chi connectivity index (χ0) is 27.8. The number of hydrogen-bond donors (Lipinski definition) is 1. The number of nitrogens with one attached hydrogen (secondary N) is 1. The average molecular weight is 535 g/mol. The maximum Gasteiger partial charge on any atom is 0.328 e. The summed E-state index contributed by atoms with van der Waals surface area (Å²) in [5.41, 5.74) is 2.92. The highest BCUT2D eigenvalue weighted by Crippen LogP contribution is 2.29. The molecular weight excluding hydrogens is 500 g/mol. The van der Waals surface area contributed by atoms with E-state index in [-0.39, 0.29) is 24.2 Å². The van der Waals surface area contributed by atoms with Crippen LogP contribution < -0.4 is 10.2 Å². The summed E-state index contributed by atoms with van der Waals surface area (Å²) < 4.78 is 10.8. The number of pyridine rings is 2. The van der Waals surface area contributed by atoms with Crippen molar-refractivity contribution in [1.82, 2.24) is 14.9 Å². The standard InChI is InChI=1S/C28H34N6O5/c1-19(36)33(17-24-8-5-11-39-24)16-22-12-21-6-3-9-34(27(21)31-25(22)18-35)28(37)32-26-13-20(7-4-10-38-2)23(14-29)15-30-26/h12-13,15,18,24H,3-11,16-17H2,1-2H3,(H,30,32,37)/t24-/m0/s1. The topological polar surface area (TPSA) is 138 Å². The van der Waals surface area contributed by atoms with Crippen molar-refractivity contribution < 1.29 is 23.9 Å². The first kappa shape index (κ1) is 28.1. The van der Waals surface area contributed by atoms with Crippen LogP contribution >= 0.6 is 0 Å². The third kappa shape index (κ3) is 6.96. The number of amides is 3. The van der Waals surface area contributed by atoms with Gasteiger partial charge in [0.15, 0.2) is 6.29 Å². The Hall–Kier alpha value is -3.88. The summed E-state index contributed by atoms with van der Waals surface area (Å²) in [5.74, 6) is 0.654. The van der Waals surface area contributed by atoms with Crippen LogP contribution in [0.1, 0.15) is 65.3 Å². The van der Waals surface area contributed by atoms with Gasteiger partial charge in [-0.1, -0.05) is 0 Å². The summed E-state index contributed by atoms with van der Waals surface area (Å²) in [7, 11) is 1.62. The summed E-state index contributed by atoms with van der Waals surface area (Å²) in [6, 6.07) is 5.30. The maximum atomic E-state index is 13.3. The van der Waals surface area contributed by atoms with Gasteiger partial charge in [0.2, 0.25) is 5.91 Å². The second-order valence-electron chi connectivity index (χ2n) is 9.79. The Morgan fingerprint density at radius 1 is 1.33 bits per heavy atom. The first-order chi connectivity index (χ1) is 18.9. The normalized spacial score (nSPS) is 16.3. The smallest absolute Gasteiger partial charge is 0.328 e. The zero-order valence-electron chi connectivity index (χ0n) is 22.4. The molecule has 0 saturated carbocycles. The number of methoxy groups -OCH3 is 1. The van der Waals surface area contributed by atoms with Gasteiger partial charge in [0.25, 0.3) is 0 Å². The van der Waals surface area contributed by atoms with Crippen molar-refractivity contribution in [1.29, 1.82) is 5.26 Å². The number of aryl methyl sites for hydroxylation is 2. The molecule has 2 aromatic rings. The van der Waals surface area contributed by atoms with E-state index in [2.05, 4.69) is 21.4 Å². The number of hydrogen-bond acceptors (Lipinski definition) is 8. The zero-order valence-corrected chi connectivity index (χ0v) is 22.4. The van der Waals surface area contributed by atoms with Crippen LogP contribution in [-0.2, 0) is 33.7 Å². The molecule has 2 aliphatic rings. The molecule has 0 aliphatic carbocycles. The Morgan fingerprint density at radius 3 is 2.87 bits per heavy atom. The van der Waals surface area contributed by atoms with Crippen molar-refractivity contribution in [3.8, 4) is 6.07 Å². The average Bonchev–Trinajstić information content (AvgIpc) is 3.45. The number of nitriles is 1. The molecule has 2 aliphatic heterocycles. The lowest BCUT2D eigenvalue weighted by molar-refractivity contribution is -0.131. The molecule has 0 radical (unpaired) electrons. The SMILES string of the molecule is COCCCc1cc(NC(=O)N2CCCc3cc(CN(C[C@@H]4CCCO4)C(C)=O)c(C=O)nc32)ncc1C#N. The Morgan fingerprint density at radius 2 is 2.18 bits per heavy atom. The third-order valence-corrected chi connectivity index (χ3v) is 7.03.